The first kappa shape index (κ1) is 13.9. The summed E-state index contributed by atoms with van der Waals surface area (Å²) in [6.45, 7) is 2.71. The van der Waals surface area contributed by atoms with Gasteiger partial charge in [0, 0.05) is 24.4 Å². The molecule has 104 valence electrons. The van der Waals surface area contributed by atoms with E-state index in [4.69, 9.17) is 4.74 Å². The van der Waals surface area contributed by atoms with Crippen molar-refractivity contribution < 1.29 is 9.66 Å². The molecule has 1 N–H and O–H groups in total. The lowest BCUT2D eigenvalue weighted by molar-refractivity contribution is -0.385. The average Bonchev–Trinajstić information content (AvgIpc) is 2.46. The highest BCUT2D eigenvalue weighted by molar-refractivity contribution is 5.58. The summed E-state index contributed by atoms with van der Waals surface area (Å²) in [4.78, 5) is 10.4. The fourth-order valence-corrected chi connectivity index (χ4v) is 1.94. The van der Waals surface area contributed by atoms with Crippen LogP contribution in [0.15, 0.2) is 42.5 Å². The van der Waals surface area contributed by atoms with Crippen molar-refractivity contribution in [1.29, 1.82) is 0 Å². The Hall–Kier alpha value is -2.56. The normalized spacial score (nSPS) is 10.1. The zero-order chi connectivity index (χ0) is 14.5. The summed E-state index contributed by atoms with van der Waals surface area (Å²) < 4.78 is 5.04. The Morgan fingerprint density at radius 1 is 1.25 bits per heavy atom. The van der Waals surface area contributed by atoms with E-state index in [9.17, 15) is 10.1 Å². The molecule has 0 heterocycles. The number of methoxy groups -OCH3 is 1. The first-order valence-electron chi connectivity index (χ1n) is 6.22. The third kappa shape index (κ3) is 3.06. The maximum atomic E-state index is 10.8. The van der Waals surface area contributed by atoms with Gasteiger partial charge in [-0.15, -0.1) is 0 Å². The van der Waals surface area contributed by atoms with Crippen LogP contribution in [0.1, 0.15) is 11.1 Å². The average molecular weight is 272 g/mol. The van der Waals surface area contributed by atoms with Gasteiger partial charge in [0.15, 0.2) is 5.75 Å². The maximum Gasteiger partial charge on any atom is 0.311 e. The maximum absolute atomic E-state index is 10.8. The zero-order valence-electron chi connectivity index (χ0n) is 11.4. The quantitative estimate of drug-likeness (QED) is 0.668. The molecule has 0 amide bonds. The molecule has 0 aliphatic rings. The lowest BCUT2D eigenvalue weighted by Gasteiger charge is -2.10. The number of aryl methyl sites for hydroxylation is 1. The van der Waals surface area contributed by atoms with Crippen molar-refractivity contribution in [2.45, 2.75) is 13.5 Å². The van der Waals surface area contributed by atoms with Gasteiger partial charge >= 0.3 is 5.69 Å². The Bertz CT molecular complexity index is 626. The van der Waals surface area contributed by atoms with Gasteiger partial charge in [-0.2, -0.15) is 0 Å². The lowest BCUT2D eigenvalue weighted by Crippen LogP contribution is -2.02. The minimum atomic E-state index is -0.454. The van der Waals surface area contributed by atoms with E-state index in [0.717, 1.165) is 5.69 Å². The number of hydrogen-bond donors (Lipinski definition) is 1. The molecule has 2 rings (SSSR count). The second-order valence-electron chi connectivity index (χ2n) is 4.42. The number of nitro groups is 1. The fourth-order valence-electron chi connectivity index (χ4n) is 1.94. The Labute approximate surface area is 117 Å². The van der Waals surface area contributed by atoms with Gasteiger partial charge in [0.25, 0.3) is 0 Å². The number of anilines is 1. The third-order valence-electron chi connectivity index (χ3n) is 3.12. The van der Waals surface area contributed by atoms with E-state index < -0.39 is 4.92 Å². The Balaban J connectivity index is 2.15. The molecule has 0 aliphatic carbocycles. The monoisotopic (exact) mass is 272 g/mol. The van der Waals surface area contributed by atoms with Gasteiger partial charge in [-0.3, -0.25) is 10.1 Å². The Morgan fingerprint density at radius 3 is 2.65 bits per heavy atom. The summed E-state index contributed by atoms with van der Waals surface area (Å²) >= 11 is 0. The van der Waals surface area contributed by atoms with Crippen LogP contribution in [-0.4, -0.2) is 12.0 Å². The molecule has 20 heavy (non-hydrogen) atoms. The van der Waals surface area contributed by atoms with Crippen LogP contribution >= 0.6 is 0 Å². The molecule has 5 heteroatoms. The second-order valence-corrected chi connectivity index (χ2v) is 4.42. The molecule has 0 aromatic heterocycles. The number of ether oxygens (including phenoxy) is 1. The summed E-state index contributed by atoms with van der Waals surface area (Å²) in [5.41, 5.74) is 3.14. The lowest BCUT2D eigenvalue weighted by atomic mass is 10.1. The van der Waals surface area contributed by atoms with E-state index in [2.05, 4.69) is 5.32 Å². The van der Waals surface area contributed by atoms with Crippen molar-refractivity contribution in [2.24, 2.45) is 0 Å². The summed E-state index contributed by atoms with van der Waals surface area (Å²) in [6.07, 6.45) is 0. The standard InChI is InChI=1S/C15H16N2O3/c1-11-5-3-4-6-12(11)10-16-13-7-8-14(17(18)19)15(9-13)20-2/h3-9,16H,10H2,1-2H3. The highest BCUT2D eigenvalue weighted by Gasteiger charge is 2.14. The number of rotatable bonds is 5. The first-order valence-corrected chi connectivity index (χ1v) is 6.22. The van der Waals surface area contributed by atoms with Gasteiger partial charge in [-0.05, 0) is 24.1 Å². The van der Waals surface area contributed by atoms with Crippen molar-refractivity contribution in [3.63, 3.8) is 0 Å². The van der Waals surface area contributed by atoms with E-state index in [0.29, 0.717) is 6.54 Å². The predicted octanol–water partition coefficient (Wildman–Crippen LogP) is 3.52. The zero-order valence-corrected chi connectivity index (χ0v) is 11.4. The molecular formula is C15H16N2O3. The highest BCUT2D eigenvalue weighted by Crippen LogP contribution is 2.29. The SMILES string of the molecule is COc1cc(NCc2ccccc2C)ccc1[N+](=O)[O-]. The van der Waals surface area contributed by atoms with Crippen molar-refractivity contribution in [3.8, 4) is 5.75 Å². The molecule has 0 aliphatic heterocycles. The van der Waals surface area contributed by atoms with Crippen LogP contribution in [0, 0.1) is 17.0 Å². The molecule has 0 fully saturated rings. The number of nitrogens with zero attached hydrogens (tertiary/aromatic N) is 1. The topological polar surface area (TPSA) is 64.4 Å². The number of benzene rings is 2. The van der Waals surface area contributed by atoms with Crippen LogP contribution in [-0.2, 0) is 6.54 Å². The van der Waals surface area contributed by atoms with Crippen molar-refractivity contribution in [1.82, 2.24) is 0 Å². The van der Waals surface area contributed by atoms with Crippen LogP contribution in [0.3, 0.4) is 0 Å². The van der Waals surface area contributed by atoms with E-state index in [-0.39, 0.29) is 11.4 Å². The molecule has 2 aromatic carbocycles. The third-order valence-corrected chi connectivity index (χ3v) is 3.12. The number of nitrogens with one attached hydrogen (secondary N) is 1. The minimum Gasteiger partial charge on any atom is -0.490 e. The highest BCUT2D eigenvalue weighted by atomic mass is 16.6. The van der Waals surface area contributed by atoms with Crippen LogP contribution < -0.4 is 10.1 Å². The summed E-state index contributed by atoms with van der Waals surface area (Å²) in [7, 11) is 1.42. The van der Waals surface area contributed by atoms with Gasteiger partial charge in [-0.25, -0.2) is 0 Å². The van der Waals surface area contributed by atoms with E-state index in [1.54, 1.807) is 12.1 Å². The summed E-state index contributed by atoms with van der Waals surface area (Å²) in [5, 5.41) is 14.1. The molecular weight excluding hydrogens is 256 g/mol. The molecule has 0 saturated carbocycles. The van der Waals surface area contributed by atoms with E-state index >= 15 is 0 Å². The predicted molar refractivity (Wildman–Crippen MR) is 78.2 cm³/mol. The smallest absolute Gasteiger partial charge is 0.311 e. The van der Waals surface area contributed by atoms with Crippen LogP contribution in [0.5, 0.6) is 5.75 Å². The van der Waals surface area contributed by atoms with Gasteiger partial charge in [0.05, 0.1) is 12.0 Å². The van der Waals surface area contributed by atoms with Gasteiger partial charge < -0.3 is 10.1 Å². The molecule has 0 saturated heterocycles. The Morgan fingerprint density at radius 2 is 2.00 bits per heavy atom. The molecule has 2 aromatic rings. The van der Waals surface area contributed by atoms with Crippen LogP contribution in [0.2, 0.25) is 0 Å². The van der Waals surface area contributed by atoms with E-state index in [1.165, 1.54) is 24.3 Å². The summed E-state index contributed by atoms with van der Waals surface area (Å²) in [6, 6.07) is 12.8. The van der Waals surface area contributed by atoms with Gasteiger partial charge in [-0.1, -0.05) is 24.3 Å². The largest absolute Gasteiger partial charge is 0.490 e. The van der Waals surface area contributed by atoms with Crippen LogP contribution in [0.4, 0.5) is 11.4 Å². The number of hydrogen-bond acceptors (Lipinski definition) is 4. The van der Waals surface area contributed by atoms with Crippen molar-refractivity contribution in [2.75, 3.05) is 12.4 Å². The first-order chi connectivity index (χ1) is 9.61. The van der Waals surface area contributed by atoms with E-state index in [1.807, 2.05) is 31.2 Å². The number of nitro benzene ring substituents is 1. The summed E-state index contributed by atoms with van der Waals surface area (Å²) in [5.74, 6) is 0.254. The molecule has 0 radical (unpaired) electrons. The van der Waals surface area contributed by atoms with Crippen molar-refractivity contribution >= 4 is 11.4 Å². The minimum absolute atomic E-state index is 0.0334. The molecule has 0 unspecified atom stereocenters. The molecule has 0 bridgehead atoms. The fraction of sp³-hybridized carbons (Fsp3) is 0.200. The van der Waals surface area contributed by atoms with Crippen molar-refractivity contribution in [3.05, 3.63) is 63.7 Å². The van der Waals surface area contributed by atoms with Crippen LogP contribution in [0.25, 0.3) is 0 Å². The second kappa shape index (κ2) is 6.06. The Kier molecular flexibility index (Phi) is 4.20. The molecule has 0 spiro atoms. The molecule has 0 atom stereocenters. The molecule has 5 nitrogen and oxygen atoms in total. The van der Waals surface area contributed by atoms with Gasteiger partial charge in [0.2, 0.25) is 0 Å². The van der Waals surface area contributed by atoms with Gasteiger partial charge in [0.1, 0.15) is 0 Å².